The first-order valence-electron chi connectivity index (χ1n) is 19.3. The molecule has 0 saturated heterocycles. The van der Waals surface area contributed by atoms with Gasteiger partial charge in [-0.05, 0) is 76.9 Å². The number of primary amides is 2. The summed E-state index contributed by atoms with van der Waals surface area (Å²) in [5, 5.41) is 14.9. The third-order valence-electron chi connectivity index (χ3n) is 10.9. The van der Waals surface area contributed by atoms with Crippen molar-refractivity contribution in [2.45, 2.75) is 65.7 Å². The fourth-order valence-electron chi connectivity index (χ4n) is 8.30. The van der Waals surface area contributed by atoms with E-state index in [4.69, 9.17) is 21.4 Å². The van der Waals surface area contributed by atoms with Gasteiger partial charge in [0.05, 0.1) is 56.9 Å². The van der Waals surface area contributed by atoms with Gasteiger partial charge in [-0.1, -0.05) is 12.2 Å². The van der Waals surface area contributed by atoms with E-state index in [-0.39, 0.29) is 23.9 Å². The first-order chi connectivity index (χ1) is 27.8. The molecule has 2 aliphatic heterocycles. The standard InChI is InChI=1S/C40H46N14O4/c1-7-51-31(13-21(3)47-51)37(57)45-39-43-27-15-23(35(41)55)17-29-33(27)53(39)25(19-49(29)5)11-9-10-12-26-20-50(6)30-18-24(36(42)56)16-28-34(30)54(26)40(44-28)46-38(58)32-14-22(4)48-52(32)8-2/h9-10,13-18,25-26H,7-8,11-12,19-20H2,1-6H3,(H2,41,55)(H2,42,56)(H,43,45,57)(H,44,46,58)/b10-9+/t25-,26-/m0/s1. The number of likely N-dealkylation sites (N-methyl/N-ethyl adjacent to an activating group) is 2. The van der Waals surface area contributed by atoms with Crippen LogP contribution in [0.1, 0.15) is 91.9 Å². The highest BCUT2D eigenvalue weighted by atomic mass is 16.2. The van der Waals surface area contributed by atoms with Crippen molar-refractivity contribution < 1.29 is 19.2 Å². The molecular formula is C40H46N14O4. The number of carbonyl (C=O) groups is 4. The number of aromatic nitrogens is 8. The molecule has 6 heterocycles. The summed E-state index contributed by atoms with van der Waals surface area (Å²) >= 11 is 0. The fourth-order valence-corrected chi connectivity index (χ4v) is 8.30. The van der Waals surface area contributed by atoms with E-state index in [0.29, 0.717) is 84.5 Å². The predicted molar refractivity (Wildman–Crippen MR) is 221 cm³/mol. The van der Waals surface area contributed by atoms with E-state index in [2.05, 4.69) is 42.8 Å². The Morgan fingerprint density at radius 2 is 1.07 bits per heavy atom. The van der Waals surface area contributed by atoms with Crippen LogP contribution in [0.25, 0.3) is 22.1 Å². The van der Waals surface area contributed by atoms with Gasteiger partial charge < -0.3 is 30.4 Å². The number of rotatable bonds is 12. The quantitative estimate of drug-likeness (QED) is 0.130. The average molecular weight is 787 g/mol. The zero-order valence-electron chi connectivity index (χ0n) is 33.3. The highest BCUT2D eigenvalue weighted by Crippen LogP contribution is 2.41. The lowest BCUT2D eigenvalue weighted by molar-refractivity contribution is 0.0992. The number of anilines is 4. The highest BCUT2D eigenvalue weighted by molar-refractivity contribution is 6.07. The van der Waals surface area contributed by atoms with Crippen molar-refractivity contribution in [1.29, 1.82) is 0 Å². The molecular weight excluding hydrogens is 741 g/mol. The first kappa shape index (κ1) is 37.9. The van der Waals surface area contributed by atoms with E-state index in [1.165, 1.54) is 0 Å². The number of aryl methyl sites for hydroxylation is 4. The molecule has 4 aromatic heterocycles. The second-order valence-electron chi connectivity index (χ2n) is 15.0. The lowest BCUT2D eigenvalue weighted by Gasteiger charge is -2.34. The number of nitrogens with two attached hydrogens (primary N) is 2. The van der Waals surface area contributed by atoms with Crippen LogP contribution in [0, 0.1) is 13.8 Å². The Kier molecular flexibility index (Phi) is 9.49. The Morgan fingerprint density at radius 3 is 1.43 bits per heavy atom. The molecule has 0 saturated carbocycles. The van der Waals surface area contributed by atoms with Gasteiger partial charge >= 0.3 is 0 Å². The van der Waals surface area contributed by atoms with Crippen molar-refractivity contribution in [2.24, 2.45) is 11.5 Å². The average Bonchev–Trinajstić information content (AvgIpc) is 3.96. The summed E-state index contributed by atoms with van der Waals surface area (Å²) in [5.74, 6) is -1.09. The number of benzene rings is 2. The Bertz CT molecular complexity index is 2520. The maximum Gasteiger partial charge on any atom is 0.276 e. The topological polar surface area (TPSA) is 222 Å². The highest BCUT2D eigenvalue weighted by Gasteiger charge is 2.32. The third kappa shape index (κ3) is 6.49. The molecule has 0 spiro atoms. The van der Waals surface area contributed by atoms with Crippen LogP contribution >= 0.6 is 0 Å². The van der Waals surface area contributed by atoms with Gasteiger partial charge in [-0.15, -0.1) is 0 Å². The first-order valence-corrected chi connectivity index (χ1v) is 19.3. The molecule has 18 heteroatoms. The van der Waals surface area contributed by atoms with Crippen LogP contribution in [0.4, 0.5) is 23.3 Å². The van der Waals surface area contributed by atoms with Crippen LogP contribution < -0.4 is 31.9 Å². The van der Waals surface area contributed by atoms with Crippen molar-refractivity contribution in [1.82, 2.24) is 38.7 Å². The molecule has 0 radical (unpaired) electrons. The van der Waals surface area contributed by atoms with Crippen molar-refractivity contribution in [3.8, 4) is 0 Å². The minimum absolute atomic E-state index is 0.144. The maximum absolute atomic E-state index is 13.7. The van der Waals surface area contributed by atoms with Crippen molar-refractivity contribution in [3.05, 3.63) is 82.5 Å². The fraction of sp³-hybridized carbons (Fsp3) is 0.350. The van der Waals surface area contributed by atoms with Crippen molar-refractivity contribution in [2.75, 3.05) is 47.6 Å². The molecule has 0 aliphatic carbocycles. The molecule has 58 heavy (non-hydrogen) atoms. The molecule has 6 aromatic rings. The van der Waals surface area contributed by atoms with Gasteiger partial charge in [0.2, 0.25) is 23.7 Å². The van der Waals surface area contributed by atoms with Gasteiger partial charge in [0.25, 0.3) is 11.8 Å². The SMILES string of the molecule is CCn1nc(C)cc1C(=O)Nc1nc2cc(C(N)=O)cc3c2n1[C@@H](C/C=C/C[C@H]1CN(C)c2cc(C(N)=O)cc4nc(NC(=O)c5cc(C)nn5CC)n1c24)CN3C. The van der Waals surface area contributed by atoms with E-state index in [1.807, 2.05) is 50.9 Å². The number of hydrogen-bond donors (Lipinski definition) is 4. The summed E-state index contributed by atoms with van der Waals surface area (Å²) in [5.41, 5.74) is 18.6. The molecule has 0 unspecified atom stereocenters. The molecule has 0 fully saturated rings. The van der Waals surface area contributed by atoms with Crippen LogP contribution in [0.15, 0.2) is 48.6 Å². The Hall–Kier alpha value is -6.98. The molecule has 0 bridgehead atoms. The number of carbonyl (C=O) groups excluding carboxylic acids is 4. The molecule has 300 valence electrons. The molecule has 18 nitrogen and oxygen atoms in total. The zero-order valence-corrected chi connectivity index (χ0v) is 33.3. The van der Waals surface area contributed by atoms with Crippen molar-refractivity contribution >= 4 is 69.0 Å². The summed E-state index contributed by atoms with van der Waals surface area (Å²) in [4.78, 5) is 65.8. The maximum atomic E-state index is 13.7. The van der Waals surface area contributed by atoms with Gasteiger partial charge in [-0.3, -0.25) is 39.2 Å². The van der Waals surface area contributed by atoms with Gasteiger partial charge in [0.1, 0.15) is 11.4 Å². The number of imidazole rings is 2. The lowest BCUT2D eigenvalue weighted by Crippen LogP contribution is -2.33. The Balaban J connectivity index is 1.11. The molecule has 2 aromatic carbocycles. The summed E-state index contributed by atoms with van der Waals surface area (Å²) in [6.45, 7) is 9.70. The van der Waals surface area contributed by atoms with Crippen LogP contribution in [0.2, 0.25) is 0 Å². The van der Waals surface area contributed by atoms with Gasteiger partial charge in [-0.2, -0.15) is 10.2 Å². The van der Waals surface area contributed by atoms with Crippen LogP contribution in [-0.2, 0) is 13.1 Å². The normalized spacial score (nSPS) is 16.2. The summed E-state index contributed by atoms with van der Waals surface area (Å²) in [7, 11) is 3.92. The van der Waals surface area contributed by atoms with E-state index < -0.39 is 11.8 Å². The van der Waals surface area contributed by atoms with E-state index in [0.717, 1.165) is 33.8 Å². The van der Waals surface area contributed by atoms with Gasteiger partial charge in [0.15, 0.2) is 0 Å². The lowest BCUT2D eigenvalue weighted by atomic mass is 10.0. The number of amides is 4. The molecule has 6 N–H and O–H groups in total. The Labute approximate surface area is 333 Å². The number of nitrogens with one attached hydrogen (secondary N) is 2. The van der Waals surface area contributed by atoms with Gasteiger partial charge in [-0.25, -0.2) is 9.97 Å². The summed E-state index contributed by atoms with van der Waals surface area (Å²) in [6, 6.07) is 10.0. The van der Waals surface area contributed by atoms with Crippen LogP contribution in [-0.4, -0.2) is 89.5 Å². The third-order valence-corrected chi connectivity index (χ3v) is 10.9. The van der Waals surface area contributed by atoms with E-state index >= 15 is 0 Å². The predicted octanol–water partition coefficient (Wildman–Crippen LogP) is 4.16. The second-order valence-corrected chi connectivity index (χ2v) is 15.0. The molecule has 8 rings (SSSR count). The number of hydrogen-bond acceptors (Lipinski definition) is 10. The minimum atomic E-state index is -0.566. The summed E-state index contributed by atoms with van der Waals surface area (Å²) < 4.78 is 7.37. The summed E-state index contributed by atoms with van der Waals surface area (Å²) in [6.07, 6.45) is 5.42. The Morgan fingerprint density at radius 1 is 0.672 bits per heavy atom. The van der Waals surface area contributed by atoms with Crippen molar-refractivity contribution in [3.63, 3.8) is 0 Å². The number of allylic oxidation sites excluding steroid dienone is 2. The second kappa shape index (κ2) is 14.5. The monoisotopic (exact) mass is 786 g/mol. The molecule has 4 amide bonds. The number of nitrogens with zero attached hydrogens (tertiary/aromatic N) is 10. The van der Waals surface area contributed by atoms with E-state index in [1.54, 1.807) is 45.8 Å². The largest absolute Gasteiger partial charge is 0.371 e. The minimum Gasteiger partial charge on any atom is -0.371 e. The van der Waals surface area contributed by atoms with E-state index in [9.17, 15) is 19.2 Å². The van der Waals surface area contributed by atoms with Crippen LogP contribution in [0.3, 0.4) is 0 Å². The smallest absolute Gasteiger partial charge is 0.276 e. The molecule has 2 aliphatic rings. The van der Waals surface area contributed by atoms with Gasteiger partial charge in [0, 0.05) is 51.4 Å². The van der Waals surface area contributed by atoms with Crippen LogP contribution in [0.5, 0.6) is 0 Å². The zero-order chi connectivity index (χ0) is 41.2. The molecule has 2 atom stereocenters.